The smallest absolute Gasteiger partial charge is 0.239 e. The second-order valence-corrected chi connectivity index (χ2v) is 4.34. The van der Waals surface area contributed by atoms with E-state index in [9.17, 15) is 4.79 Å². The number of hydrogen-bond acceptors (Lipinski definition) is 2. The van der Waals surface area contributed by atoms with Crippen LogP contribution in [0.5, 0.6) is 0 Å². The Morgan fingerprint density at radius 3 is 3.06 bits per heavy atom. The molecule has 0 radical (unpaired) electrons. The molecule has 0 atom stereocenters. The molecular weight excluding hydrogens is 250 g/mol. The van der Waals surface area contributed by atoms with E-state index in [2.05, 4.69) is 5.32 Å². The topological polar surface area (TPSA) is 57.8 Å². The molecular formula is C13H12ClN3O. The van der Waals surface area contributed by atoms with E-state index in [-0.39, 0.29) is 12.5 Å². The third-order valence-electron chi connectivity index (χ3n) is 2.61. The molecule has 0 spiro atoms. The Morgan fingerprint density at radius 2 is 2.28 bits per heavy atom. The summed E-state index contributed by atoms with van der Waals surface area (Å²) in [4.78, 5) is 11.6. The van der Waals surface area contributed by atoms with Gasteiger partial charge in [0.05, 0.1) is 12.5 Å². The van der Waals surface area contributed by atoms with Crippen LogP contribution in [0, 0.1) is 11.3 Å². The van der Waals surface area contributed by atoms with Crippen molar-refractivity contribution in [1.29, 1.82) is 5.26 Å². The van der Waals surface area contributed by atoms with Crippen molar-refractivity contribution < 1.29 is 4.79 Å². The van der Waals surface area contributed by atoms with E-state index in [4.69, 9.17) is 16.9 Å². The quantitative estimate of drug-likeness (QED) is 0.859. The molecule has 2 aromatic rings. The predicted octanol–water partition coefficient (Wildman–Crippen LogP) is 2.32. The number of rotatable bonds is 4. The van der Waals surface area contributed by atoms with Gasteiger partial charge in [-0.3, -0.25) is 4.79 Å². The number of aromatic nitrogens is 1. The monoisotopic (exact) mass is 261 g/mol. The maximum Gasteiger partial charge on any atom is 0.239 e. The Labute approximate surface area is 110 Å². The number of nitriles is 1. The zero-order chi connectivity index (χ0) is 13.0. The van der Waals surface area contributed by atoms with Crippen LogP contribution in [-0.2, 0) is 11.3 Å². The van der Waals surface area contributed by atoms with Crippen molar-refractivity contribution in [2.24, 2.45) is 0 Å². The average molecular weight is 262 g/mol. The van der Waals surface area contributed by atoms with Crippen LogP contribution in [0.4, 0.5) is 0 Å². The maximum atomic E-state index is 11.6. The molecule has 18 heavy (non-hydrogen) atoms. The number of halogens is 1. The number of nitrogens with zero attached hydrogens (tertiary/aromatic N) is 2. The molecule has 1 aromatic heterocycles. The highest BCUT2D eigenvalue weighted by Gasteiger charge is 2.05. The van der Waals surface area contributed by atoms with Crippen LogP contribution >= 0.6 is 11.6 Å². The molecule has 4 nitrogen and oxygen atoms in total. The number of benzene rings is 1. The first-order chi connectivity index (χ1) is 8.70. The molecule has 0 saturated carbocycles. The second kappa shape index (κ2) is 5.56. The Kier molecular flexibility index (Phi) is 3.85. The summed E-state index contributed by atoms with van der Waals surface area (Å²) in [6, 6.07) is 9.45. The predicted molar refractivity (Wildman–Crippen MR) is 70.2 cm³/mol. The fraction of sp³-hybridized carbons (Fsp3) is 0.231. The van der Waals surface area contributed by atoms with Crippen LogP contribution in [0.15, 0.2) is 30.5 Å². The van der Waals surface area contributed by atoms with E-state index in [0.717, 1.165) is 10.9 Å². The van der Waals surface area contributed by atoms with Gasteiger partial charge >= 0.3 is 0 Å². The number of amides is 1. The summed E-state index contributed by atoms with van der Waals surface area (Å²) in [7, 11) is 0. The van der Waals surface area contributed by atoms with E-state index in [1.54, 1.807) is 6.07 Å². The third-order valence-corrected chi connectivity index (χ3v) is 2.84. The van der Waals surface area contributed by atoms with Crippen molar-refractivity contribution in [1.82, 2.24) is 9.88 Å². The van der Waals surface area contributed by atoms with Gasteiger partial charge in [-0.2, -0.15) is 5.26 Å². The highest BCUT2D eigenvalue weighted by atomic mass is 35.5. The van der Waals surface area contributed by atoms with Crippen LogP contribution < -0.4 is 5.32 Å². The summed E-state index contributed by atoms with van der Waals surface area (Å²) in [6.07, 6.45) is 2.18. The van der Waals surface area contributed by atoms with Gasteiger partial charge in [0.15, 0.2) is 0 Å². The van der Waals surface area contributed by atoms with Crippen molar-refractivity contribution in [3.8, 4) is 6.07 Å². The summed E-state index contributed by atoms with van der Waals surface area (Å²) < 4.78 is 1.85. The first-order valence-corrected chi connectivity index (χ1v) is 5.96. The molecule has 0 aliphatic carbocycles. The van der Waals surface area contributed by atoms with Gasteiger partial charge in [0.1, 0.15) is 6.54 Å². The van der Waals surface area contributed by atoms with Gasteiger partial charge in [0.25, 0.3) is 0 Å². The zero-order valence-corrected chi connectivity index (χ0v) is 10.4. The van der Waals surface area contributed by atoms with Crippen molar-refractivity contribution in [2.75, 3.05) is 6.54 Å². The SMILES string of the molecule is N#CCCNC(=O)Cn1ccc2cc(Cl)ccc21. The molecule has 0 bridgehead atoms. The second-order valence-electron chi connectivity index (χ2n) is 3.90. The molecule has 92 valence electrons. The number of carbonyl (C=O) groups is 1. The first-order valence-electron chi connectivity index (χ1n) is 5.59. The third kappa shape index (κ3) is 2.82. The first kappa shape index (κ1) is 12.5. The minimum absolute atomic E-state index is 0.0994. The van der Waals surface area contributed by atoms with Crippen LogP contribution in [-0.4, -0.2) is 17.0 Å². The Hall–Kier alpha value is -1.99. The summed E-state index contributed by atoms with van der Waals surface area (Å²) in [6.45, 7) is 0.636. The Balaban J connectivity index is 2.08. The van der Waals surface area contributed by atoms with Gasteiger partial charge in [-0.25, -0.2) is 0 Å². The molecule has 1 heterocycles. The van der Waals surface area contributed by atoms with Gasteiger partial charge in [-0.15, -0.1) is 0 Å². The molecule has 0 saturated heterocycles. The van der Waals surface area contributed by atoms with Gasteiger partial charge in [-0.1, -0.05) is 11.6 Å². The number of nitrogens with one attached hydrogen (secondary N) is 1. The number of fused-ring (bicyclic) bond motifs is 1. The standard InChI is InChI=1S/C13H12ClN3O/c14-11-2-3-12-10(8-11)4-7-17(12)9-13(18)16-6-1-5-15/h2-4,7-8H,1,6,9H2,(H,16,18). The largest absolute Gasteiger partial charge is 0.354 e. The van der Waals surface area contributed by atoms with Gasteiger partial charge < -0.3 is 9.88 Å². The van der Waals surface area contributed by atoms with E-state index in [1.165, 1.54) is 0 Å². The van der Waals surface area contributed by atoms with Crippen molar-refractivity contribution in [3.05, 3.63) is 35.5 Å². The van der Waals surface area contributed by atoms with Crippen LogP contribution in [0.2, 0.25) is 5.02 Å². The summed E-state index contributed by atoms with van der Waals surface area (Å²) >= 11 is 5.90. The molecule has 1 N–H and O–H groups in total. The lowest BCUT2D eigenvalue weighted by Gasteiger charge is -2.06. The fourth-order valence-corrected chi connectivity index (χ4v) is 1.96. The maximum absolute atomic E-state index is 11.6. The Bertz CT molecular complexity index is 612. The molecule has 0 unspecified atom stereocenters. The minimum Gasteiger partial charge on any atom is -0.354 e. The van der Waals surface area contributed by atoms with E-state index in [1.807, 2.05) is 35.0 Å². The normalized spacial score (nSPS) is 10.2. The zero-order valence-electron chi connectivity index (χ0n) is 9.69. The van der Waals surface area contributed by atoms with E-state index < -0.39 is 0 Å². The summed E-state index contributed by atoms with van der Waals surface area (Å²) in [5, 5.41) is 12.8. The van der Waals surface area contributed by atoms with Crippen LogP contribution in [0.1, 0.15) is 6.42 Å². The van der Waals surface area contributed by atoms with Gasteiger partial charge in [0.2, 0.25) is 5.91 Å². The highest BCUT2D eigenvalue weighted by molar-refractivity contribution is 6.31. The molecule has 1 aromatic carbocycles. The lowest BCUT2D eigenvalue weighted by molar-refractivity contribution is -0.121. The summed E-state index contributed by atoms with van der Waals surface area (Å²) in [5.74, 6) is -0.0994. The molecule has 0 aliphatic heterocycles. The summed E-state index contributed by atoms with van der Waals surface area (Å²) in [5.41, 5.74) is 0.967. The molecule has 0 fully saturated rings. The van der Waals surface area contributed by atoms with E-state index in [0.29, 0.717) is 18.0 Å². The van der Waals surface area contributed by atoms with Crippen molar-refractivity contribution >= 4 is 28.4 Å². The molecule has 2 rings (SSSR count). The molecule has 0 aliphatic rings. The van der Waals surface area contributed by atoms with Crippen molar-refractivity contribution in [3.63, 3.8) is 0 Å². The van der Waals surface area contributed by atoms with Crippen LogP contribution in [0.25, 0.3) is 10.9 Å². The van der Waals surface area contributed by atoms with Gasteiger partial charge in [0, 0.05) is 28.7 Å². The highest BCUT2D eigenvalue weighted by Crippen LogP contribution is 2.20. The lowest BCUT2D eigenvalue weighted by Crippen LogP contribution is -2.27. The van der Waals surface area contributed by atoms with E-state index >= 15 is 0 Å². The van der Waals surface area contributed by atoms with Gasteiger partial charge in [-0.05, 0) is 24.3 Å². The van der Waals surface area contributed by atoms with Crippen LogP contribution in [0.3, 0.4) is 0 Å². The average Bonchev–Trinajstić information content (AvgIpc) is 2.72. The fourth-order valence-electron chi connectivity index (χ4n) is 1.78. The Morgan fingerprint density at radius 1 is 1.44 bits per heavy atom. The minimum atomic E-state index is -0.0994. The lowest BCUT2D eigenvalue weighted by atomic mass is 10.2. The molecule has 5 heteroatoms. The van der Waals surface area contributed by atoms with Crippen molar-refractivity contribution in [2.45, 2.75) is 13.0 Å². The number of carbonyl (C=O) groups excluding carboxylic acids is 1. The number of hydrogen-bond donors (Lipinski definition) is 1. The molecule has 1 amide bonds.